The lowest BCUT2D eigenvalue weighted by atomic mass is 9.94. The van der Waals surface area contributed by atoms with Gasteiger partial charge in [-0.2, -0.15) is 0 Å². The molecule has 0 saturated carbocycles. The highest BCUT2D eigenvalue weighted by molar-refractivity contribution is 5.75. The van der Waals surface area contributed by atoms with Crippen molar-refractivity contribution >= 4 is 11.7 Å². The minimum Gasteiger partial charge on any atom is -0.445 e. The maximum absolute atomic E-state index is 13.7. The number of hydrogen-bond acceptors (Lipinski definition) is 2. The highest BCUT2D eigenvalue weighted by Crippen LogP contribution is 2.39. The number of carbonyl (C=O) groups is 1. The molecule has 1 fully saturated rings. The Hall–Kier alpha value is -2.62. The van der Waals surface area contributed by atoms with Crippen LogP contribution in [-0.2, 0) is 11.3 Å². The molecule has 134 valence electrons. The number of rotatable bonds is 3. The summed E-state index contributed by atoms with van der Waals surface area (Å²) in [5, 5.41) is 0. The second-order valence-electron chi connectivity index (χ2n) is 7.16. The third kappa shape index (κ3) is 3.36. The van der Waals surface area contributed by atoms with Gasteiger partial charge in [-0.3, -0.25) is 4.90 Å². The molecule has 2 aromatic carbocycles. The van der Waals surface area contributed by atoms with Gasteiger partial charge in [0.05, 0.1) is 6.04 Å². The number of aryl methyl sites for hydroxylation is 1. The zero-order valence-electron chi connectivity index (χ0n) is 14.8. The van der Waals surface area contributed by atoms with Crippen molar-refractivity contribution in [3.05, 3.63) is 77.1 Å². The van der Waals surface area contributed by atoms with E-state index in [0.717, 1.165) is 41.5 Å². The number of halogens is 1. The highest BCUT2D eigenvalue weighted by Gasteiger charge is 2.40. The first-order chi connectivity index (χ1) is 12.6. The maximum Gasteiger partial charge on any atom is 0.410 e. The number of ether oxygens (including phenoxy) is 1. The summed E-state index contributed by atoms with van der Waals surface area (Å²) in [6.45, 7) is 2.19. The number of nitrogens with zero attached hydrogens (tertiary/aromatic N) is 1. The van der Waals surface area contributed by atoms with Crippen molar-refractivity contribution in [3.63, 3.8) is 0 Å². The fourth-order valence-electron chi connectivity index (χ4n) is 4.04. The Balaban J connectivity index is 1.48. The lowest BCUT2D eigenvalue weighted by molar-refractivity contribution is 0.0832. The van der Waals surface area contributed by atoms with E-state index in [1.807, 2.05) is 48.2 Å². The molecule has 2 aromatic rings. The molecule has 4 rings (SSSR count). The second kappa shape index (κ2) is 6.94. The summed E-state index contributed by atoms with van der Waals surface area (Å²) in [6, 6.07) is 15.0. The van der Waals surface area contributed by atoms with Crippen molar-refractivity contribution in [1.82, 2.24) is 4.90 Å². The van der Waals surface area contributed by atoms with E-state index in [1.54, 1.807) is 6.07 Å². The van der Waals surface area contributed by atoms with E-state index in [1.165, 1.54) is 6.07 Å². The summed E-state index contributed by atoms with van der Waals surface area (Å²) < 4.78 is 19.3. The molecular formula is C22H22FNO2. The van der Waals surface area contributed by atoms with Crippen molar-refractivity contribution < 1.29 is 13.9 Å². The molecule has 0 aliphatic carbocycles. The van der Waals surface area contributed by atoms with Crippen molar-refractivity contribution in [2.75, 3.05) is 0 Å². The summed E-state index contributed by atoms with van der Waals surface area (Å²) in [7, 11) is 0. The van der Waals surface area contributed by atoms with Crippen molar-refractivity contribution in [3.8, 4) is 0 Å². The number of hydrogen-bond donors (Lipinski definition) is 0. The van der Waals surface area contributed by atoms with Gasteiger partial charge >= 0.3 is 6.09 Å². The van der Waals surface area contributed by atoms with Gasteiger partial charge in [0, 0.05) is 6.04 Å². The first-order valence-electron chi connectivity index (χ1n) is 9.07. The number of fused-ring (bicyclic) bond motifs is 2. The molecule has 2 aliphatic rings. The topological polar surface area (TPSA) is 29.5 Å². The molecule has 2 atom stereocenters. The third-order valence-electron chi connectivity index (χ3n) is 5.22. The van der Waals surface area contributed by atoms with Crippen LogP contribution in [0.5, 0.6) is 0 Å². The average Bonchev–Trinajstić information content (AvgIpc) is 2.89. The minimum absolute atomic E-state index is 0.0376. The smallest absolute Gasteiger partial charge is 0.410 e. The van der Waals surface area contributed by atoms with E-state index in [0.29, 0.717) is 0 Å². The van der Waals surface area contributed by atoms with Crippen LogP contribution in [0, 0.1) is 12.7 Å². The quantitative estimate of drug-likeness (QED) is 0.771. The Bertz CT molecular complexity index is 826. The number of benzene rings is 2. The molecule has 2 unspecified atom stereocenters. The summed E-state index contributed by atoms with van der Waals surface area (Å²) in [6.07, 6.45) is 4.50. The van der Waals surface area contributed by atoms with Crippen molar-refractivity contribution in [1.29, 1.82) is 0 Å². The Kier molecular flexibility index (Phi) is 4.49. The predicted octanol–water partition coefficient (Wildman–Crippen LogP) is 5.09. The van der Waals surface area contributed by atoms with Crippen LogP contribution in [0.3, 0.4) is 0 Å². The van der Waals surface area contributed by atoms with Crippen LogP contribution in [0.2, 0.25) is 0 Å². The molecular weight excluding hydrogens is 329 g/mol. The van der Waals surface area contributed by atoms with Gasteiger partial charge in [-0.15, -0.1) is 0 Å². The van der Waals surface area contributed by atoms with Crippen molar-refractivity contribution in [2.45, 2.75) is 44.9 Å². The number of amides is 1. The molecule has 4 heteroatoms. The van der Waals surface area contributed by atoms with Crippen molar-refractivity contribution in [2.24, 2.45) is 0 Å². The number of carbonyl (C=O) groups excluding carboxylic acids is 1. The monoisotopic (exact) mass is 351 g/mol. The van der Waals surface area contributed by atoms with Crippen LogP contribution >= 0.6 is 0 Å². The van der Waals surface area contributed by atoms with Gasteiger partial charge in [0.15, 0.2) is 0 Å². The molecule has 1 amide bonds. The Labute approximate surface area is 153 Å². The molecule has 2 aliphatic heterocycles. The predicted molar refractivity (Wildman–Crippen MR) is 99.0 cm³/mol. The zero-order chi connectivity index (χ0) is 18.1. The largest absolute Gasteiger partial charge is 0.445 e. The average molecular weight is 351 g/mol. The fourth-order valence-corrected chi connectivity index (χ4v) is 4.04. The van der Waals surface area contributed by atoms with Gasteiger partial charge in [-0.05, 0) is 60.6 Å². The Morgan fingerprint density at radius 1 is 1.19 bits per heavy atom. The SMILES string of the molecule is Cc1cc(F)cc(C2=CC3CCC(C2)N3C(=O)OCc2ccccc2)c1. The molecule has 2 bridgehead atoms. The molecule has 0 spiro atoms. The molecule has 0 N–H and O–H groups in total. The van der Waals surface area contributed by atoms with Crippen LogP contribution in [-0.4, -0.2) is 23.1 Å². The minimum atomic E-state index is -0.257. The lowest BCUT2D eigenvalue weighted by Crippen LogP contribution is -2.43. The van der Waals surface area contributed by atoms with Crippen LogP contribution < -0.4 is 0 Å². The van der Waals surface area contributed by atoms with Gasteiger partial charge in [0.1, 0.15) is 12.4 Å². The van der Waals surface area contributed by atoms with Crippen LogP contribution in [0.1, 0.15) is 36.0 Å². The summed E-state index contributed by atoms with van der Waals surface area (Å²) >= 11 is 0. The van der Waals surface area contributed by atoms with Gasteiger partial charge in [-0.1, -0.05) is 42.5 Å². The third-order valence-corrected chi connectivity index (χ3v) is 5.22. The molecule has 3 nitrogen and oxygen atoms in total. The summed E-state index contributed by atoms with van der Waals surface area (Å²) in [5.74, 6) is -0.210. The second-order valence-corrected chi connectivity index (χ2v) is 7.16. The molecule has 0 aromatic heterocycles. The van der Waals surface area contributed by atoms with Crippen LogP contribution in [0.4, 0.5) is 9.18 Å². The van der Waals surface area contributed by atoms with E-state index >= 15 is 0 Å². The molecule has 2 heterocycles. The van der Waals surface area contributed by atoms with E-state index in [2.05, 4.69) is 6.08 Å². The summed E-state index contributed by atoms with van der Waals surface area (Å²) in [5.41, 5.74) is 3.96. The Morgan fingerprint density at radius 3 is 2.73 bits per heavy atom. The van der Waals surface area contributed by atoms with Gasteiger partial charge in [0.25, 0.3) is 0 Å². The highest BCUT2D eigenvalue weighted by atomic mass is 19.1. The van der Waals surface area contributed by atoms with E-state index in [9.17, 15) is 9.18 Å². The first kappa shape index (κ1) is 16.8. The summed E-state index contributed by atoms with van der Waals surface area (Å²) in [4.78, 5) is 14.5. The van der Waals surface area contributed by atoms with E-state index in [-0.39, 0.29) is 30.6 Å². The standard InChI is InChI=1S/C22H22FNO2/c1-15-9-17(11-19(23)10-15)18-12-20-7-8-21(13-18)24(20)22(25)26-14-16-5-3-2-4-6-16/h2-6,9-12,20-21H,7-8,13-14H2,1H3. The normalized spacial score (nSPS) is 21.5. The van der Waals surface area contributed by atoms with Gasteiger partial charge < -0.3 is 4.74 Å². The lowest BCUT2D eigenvalue weighted by Gasteiger charge is -2.33. The van der Waals surface area contributed by atoms with Crippen LogP contribution in [0.15, 0.2) is 54.6 Å². The Morgan fingerprint density at radius 2 is 2.00 bits per heavy atom. The fraction of sp³-hybridized carbons (Fsp3) is 0.318. The molecule has 26 heavy (non-hydrogen) atoms. The first-order valence-corrected chi connectivity index (χ1v) is 9.07. The molecule has 0 radical (unpaired) electrons. The van der Waals surface area contributed by atoms with E-state index in [4.69, 9.17) is 4.74 Å². The maximum atomic E-state index is 13.7. The van der Waals surface area contributed by atoms with E-state index < -0.39 is 0 Å². The zero-order valence-corrected chi connectivity index (χ0v) is 14.8. The van der Waals surface area contributed by atoms with Crippen LogP contribution in [0.25, 0.3) is 5.57 Å². The van der Waals surface area contributed by atoms with Gasteiger partial charge in [-0.25, -0.2) is 9.18 Å². The van der Waals surface area contributed by atoms with Gasteiger partial charge in [0.2, 0.25) is 0 Å². The molecule has 1 saturated heterocycles.